The molecule has 0 spiro atoms. The highest BCUT2D eigenvalue weighted by Crippen LogP contribution is 1.99. The van der Waals surface area contributed by atoms with Crippen LogP contribution >= 0.6 is 0 Å². The van der Waals surface area contributed by atoms with E-state index in [1.54, 1.807) is 6.92 Å². The number of rotatable bonds is 3. The Balaban J connectivity index is 4.35. The summed E-state index contributed by atoms with van der Waals surface area (Å²) in [5, 5.41) is 8.57. The van der Waals surface area contributed by atoms with Crippen molar-refractivity contribution in [1.29, 1.82) is 0 Å². The molecule has 0 saturated heterocycles. The minimum atomic E-state index is -0.167. The molecule has 11 heavy (non-hydrogen) atoms. The van der Waals surface area contributed by atoms with Crippen molar-refractivity contribution in [3.05, 3.63) is 24.4 Å². The van der Waals surface area contributed by atoms with Crippen LogP contribution in [0, 0.1) is 0 Å². The van der Waals surface area contributed by atoms with E-state index in [2.05, 4.69) is 18.2 Å². The molecule has 0 atom stereocenters. The molecule has 0 rings (SSSR count). The molecule has 0 unspecified atom stereocenters. The molecule has 0 saturated carbocycles. The first-order valence-electron chi connectivity index (χ1n) is 3.19. The van der Waals surface area contributed by atoms with Gasteiger partial charge in [0.2, 0.25) is 5.90 Å². The van der Waals surface area contributed by atoms with Crippen LogP contribution in [0.5, 0.6) is 0 Å². The van der Waals surface area contributed by atoms with Gasteiger partial charge in [0.15, 0.2) is 0 Å². The second-order valence-corrected chi connectivity index (χ2v) is 2.13. The van der Waals surface area contributed by atoms with Crippen molar-refractivity contribution in [3.8, 4) is 0 Å². The van der Waals surface area contributed by atoms with E-state index in [0.717, 1.165) is 0 Å². The van der Waals surface area contributed by atoms with Crippen LogP contribution in [0.1, 0.15) is 6.92 Å². The summed E-state index contributed by atoms with van der Waals surface area (Å²) in [5.74, 6) is 0.407. The monoisotopic (exact) mass is 155 g/mol. The SMILES string of the molecule is C=C(CO)N=C(OC)C(=C)C. The molecule has 0 heterocycles. The number of aliphatic imine (C=N–C) groups is 1. The van der Waals surface area contributed by atoms with Crippen LogP contribution in [0.4, 0.5) is 0 Å². The van der Waals surface area contributed by atoms with E-state index in [1.165, 1.54) is 7.11 Å². The van der Waals surface area contributed by atoms with Crippen LogP contribution in [0.25, 0.3) is 0 Å². The molecule has 0 aromatic heterocycles. The molecule has 62 valence electrons. The normalized spacial score (nSPS) is 11.0. The zero-order chi connectivity index (χ0) is 8.85. The van der Waals surface area contributed by atoms with Crippen molar-refractivity contribution in [2.45, 2.75) is 6.92 Å². The summed E-state index contributed by atoms with van der Waals surface area (Å²) in [6.07, 6.45) is 0. The van der Waals surface area contributed by atoms with E-state index in [0.29, 0.717) is 17.2 Å². The third-order valence-electron chi connectivity index (χ3n) is 1.00. The molecule has 0 aromatic carbocycles. The Morgan fingerprint density at radius 2 is 2.09 bits per heavy atom. The molecule has 0 aliphatic carbocycles. The summed E-state index contributed by atoms with van der Waals surface area (Å²) in [6.45, 7) is 8.72. The van der Waals surface area contributed by atoms with Gasteiger partial charge in [0.05, 0.1) is 19.4 Å². The maximum Gasteiger partial charge on any atom is 0.215 e. The minimum Gasteiger partial charge on any atom is -0.481 e. The topological polar surface area (TPSA) is 41.8 Å². The highest BCUT2D eigenvalue weighted by molar-refractivity contribution is 5.92. The van der Waals surface area contributed by atoms with Crippen LogP contribution in [-0.2, 0) is 4.74 Å². The molecular weight excluding hydrogens is 142 g/mol. The molecular formula is C8H13NO2. The molecule has 1 N–H and O–H groups in total. The lowest BCUT2D eigenvalue weighted by atomic mass is 10.3. The van der Waals surface area contributed by atoms with Gasteiger partial charge in [-0.25, -0.2) is 4.99 Å². The summed E-state index contributed by atoms with van der Waals surface area (Å²) in [4.78, 5) is 3.86. The van der Waals surface area contributed by atoms with Gasteiger partial charge in [0.25, 0.3) is 0 Å². The molecule has 0 amide bonds. The number of hydrogen-bond donors (Lipinski definition) is 1. The molecule has 3 heteroatoms. The van der Waals surface area contributed by atoms with Gasteiger partial charge in [-0.1, -0.05) is 13.2 Å². The van der Waals surface area contributed by atoms with E-state index in [4.69, 9.17) is 9.84 Å². The van der Waals surface area contributed by atoms with Gasteiger partial charge in [-0.15, -0.1) is 0 Å². The number of ether oxygens (including phenoxy) is 1. The second kappa shape index (κ2) is 4.68. The highest BCUT2D eigenvalue weighted by Gasteiger charge is 1.98. The molecule has 0 radical (unpaired) electrons. The maximum atomic E-state index is 8.57. The predicted octanol–water partition coefficient (Wildman–Crippen LogP) is 1.11. The largest absolute Gasteiger partial charge is 0.481 e. The van der Waals surface area contributed by atoms with Crippen molar-refractivity contribution in [1.82, 2.24) is 0 Å². The van der Waals surface area contributed by atoms with E-state index >= 15 is 0 Å². The Hall–Kier alpha value is -1.09. The zero-order valence-electron chi connectivity index (χ0n) is 6.92. The lowest BCUT2D eigenvalue weighted by molar-refractivity contribution is 0.328. The maximum absolute atomic E-state index is 8.57. The minimum absolute atomic E-state index is 0.167. The smallest absolute Gasteiger partial charge is 0.215 e. The Morgan fingerprint density at radius 3 is 2.36 bits per heavy atom. The molecule has 0 aliphatic heterocycles. The third kappa shape index (κ3) is 3.57. The molecule has 0 bridgehead atoms. The van der Waals surface area contributed by atoms with Gasteiger partial charge >= 0.3 is 0 Å². The first-order valence-corrected chi connectivity index (χ1v) is 3.19. The number of aliphatic hydroxyl groups is 1. The lowest BCUT2D eigenvalue weighted by Gasteiger charge is -2.03. The van der Waals surface area contributed by atoms with Crippen molar-refractivity contribution >= 4 is 5.90 Å². The fraction of sp³-hybridized carbons (Fsp3) is 0.375. The Bertz CT molecular complexity index is 194. The van der Waals surface area contributed by atoms with Crippen molar-refractivity contribution in [2.24, 2.45) is 4.99 Å². The highest BCUT2D eigenvalue weighted by atomic mass is 16.5. The number of methoxy groups -OCH3 is 1. The van der Waals surface area contributed by atoms with Crippen LogP contribution in [0.15, 0.2) is 29.4 Å². The van der Waals surface area contributed by atoms with Crippen LogP contribution in [0.2, 0.25) is 0 Å². The first kappa shape index (κ1) is 9.91. The molecule has 3 nitrogen and oxygen atoms in total. The summed E-state index contributed by atoms with van der Waals surface area (Å²) in [7, 11) is 1.50. The first-order chi connectivity index (χ1) is 5.11. The van der Waals surface area contributed by atoms with E-state index < -0.39 is 0 Å². The summed E-state index contributed by atoms with van der Waals surface area (Å²) in [5.41, 5.74) is 1.08. The predicted molar refractivity (Wildman–Crippen MR) is 45.5 cm³/mol. The average Bonchev–Trinajstić information content (AvgIpc) is 1.99. The fourth-order valence-corrected chi connectivity index (χ4v) is 0.494. The Kier molecular flexibility index (Phi) is 4.22. The van der Waals surface area contributed by atoms with Gasteiger partial charge in [0, 0.05) is 5.57 Å². The zero-order valence-corrected chi connectivity index (χ0v) is 6.92. The molecule has 0 aromatic rings. The summed E-state index contributed by atoms with van der Waals surface area (Å²) >= 11 is 0. The Morgan fingerprint density at radius 1 is 1.55 bits per heavy atom. The number of aliphatic hydroxyl groups excluding tert-OH is 1. The van der Waals surface area contributed by atoms with Gasteiger partial charge < -0.3 is 9.84 Å². The summed E-state index contributed by atoms with van der Waals surface area (Å²) in [6, 6.07) is 0. The van der Waals surface area contributed by atoms with Crippen molar-refractivity contribution < 1.29 is 9.84 Å². The molecule has 0 aliphatic rings. The number of nitrogens with zero attached hydrogens (tertiary/aromatic N) is 1. The quantitative estimate of drug-likeness (QED) is 0.490. The number of hydrogen-bond acceptors (Lipinski definition) is 3. The second-order valence-electron chi connectivity index (χ2n) is 2.13. The van der Waals surface area contributed by atoms with E-state index in [-0.39, 0.29) is 6.61 Å². The Labute approximate surface area is 66.7 Å². The van der Waals surface area contributed by atoms with Crippen LogP contribution in [0.3, 0.4) is 0 Å². The van der Waals surface area contributed by atoms with Gasteiger partial charge in [0.1, 0.15) is 0 Å². The van der Waals surface area contributed by atoms with E-state index in [9.17, 15) is 0 Å². The third-order valence-corrected chi connectivity index (χ3v) is 1.00. The standard InChI is InChI=1S/C8H13NO2/c1-6(2)8(11-4)9-7(3)5-10/h10H,1,3,5H2,2,4H3. The molecule has 0 fully saturated rings. The summed E-state index contributed by atoms with van der Waals surface area (Å²) < 4.78 is 4.86. The van der Waals surface area contributed by atoms with Crippen molar-refractivity contribution in [2.75, 3.05) is 13.7 Å². The fourth-order valence-electron chi connectivity index (χ4n) is 0.494. The van der Waals surface area contributed by atoms with Crippen molar-refractivity contribution in [3.63, 3.8) is 0 Å². The lowest BCUT2D eigenvalue weighted by Crippen LogP contribution is -2.03. The van der Waals surface area contributed by atoms with Gasteiger partial charge in [-0.05, 0) is 6.92 Å². The van der Waals surface area contributed by atoms with Gasteiger partial charge in [-0.3, -0.25) is 0 Å². The van der Waals surface area contributed by atoms with Gasteiger partial charge in [-0.2, -0.15) is 0 Å². The average molecular weight is 155 g/mol. The van der Waals surface area contributed by atoms with Crippen LogP contribution < -0.4 is 0 Å². The van der Waals surface area contributed by atoms with Crippen LogP contribution in [-0.4, -0.2) is 24.7 Å². The van der Waals surface area contributed by atoms with E-state index in [1.807, 2.05) is 0 Å².